The third-order valence-electron chi connectivity index (χ3n) is 4.45. The minimum absolute atomic E-state index is 0.0938. The molecule has 0 fully saturated rings. The number of benzene rings is 1. The van der Waals surface area contributed by atoms with Crippen molar-refractivity contribution in [3.8, 4) is 6.07 Å². The summed E-state index contributed by atoms with van der Waals surface area (Å²) in [6, 6.07) is 13.6. The number of nitrogens with zero attached hydrogens (tertiary/aromatic N) is 3. The zero-order chi connectivity index (χ0) is 18.7. The number of anilines is 1. The molecule has 1 N–H and O–H groups in total. The van der Waals surface area contributed by atoms with Crippen LogP contribution in [0.25, 0.3) is 5.65 Å². The van der Waals surface area contributed by atoms with Crippen molar-refractivity contribution in [1.29, 1.82) is 5.26 Å². The summed E-state index contributed by atoms with van der Waals surface area (Å²) in [4.78, 5) is 16.9. The first-order valence-corrected chi connectivity index (χ1v) is 9.40. The molecule has 0 bridgehead atoms. The van der Waals surface area contributed by atoms with Gasteiger partial charge in [0.15, 0.2) is 5.82 Å². The number of fused-ring (bicyclic) bond motifs is 1. The zero-order valence-electron chi connectivity index (χ0n) is 14.7. The highest BCUT2D eigenvalue weighted by Gasteiger charge is 2.20. The highest BCUT2D eigenvalue weighted by molar-refractivity contribution is 14.1. The third kappa shape index (κ3) is 4.05. The maximum absolute atomic E-state index is 12.5. The van der Waals surface area contributed by atoms with Gasteiger partial charge >= 0.3 is 0 Å². The van der Waals surface area contributed by atoms with E-state index in [0.29, 0.717) is 17.8 Å². The lowest BCUT2D eigenvalue weighted by atomic mass is 9.80. The Morgan fingerprint density at radius 3 is 2.65 bits per heavy atom. The lowest BCUT2D eigenvalue weighted by molar-refractivity contribution is 0.102. The summed E-state index contributed by atoms with van der Waals surface area (Å²) in [7, 11) is 0. The van der Waals surface area contributed by atoms with E-state index < -0.39 is 0 Å². The van der Waals surface area contributed by atoms with Crippen molar-refractivity contribution in [1.82, 2.24) is 9.38 Å². The van der Waals surface area contributed by atoms with Gasteiger partial charge in [-0.2, -0.15) is 5.26 Å². The number of aromatic nitrogens is 2. The van der Waals surface area contributed by atoms with Crippen molar-refractivity contribution in [3.05, 3.63) is 63.5 Å². The molecule has 0 aliphatic rings. The zero-order valence-corrected chi connectivity index (χ0v) is 16.8. The molecule has 0 aliphatic heterocycles. The molecule has 0 saturated heterocycles. The lowest BCUT2D eigenvalue weighted by Gasteiger charge is -2.24. The van der Waals surface area contributed by atoms with Crippen LogP contribution in [-0.4, -0.2) is 15.3 Å². The fourth-order valence-electron chi connectivity index (χ4n) is 2.80. The van der Waals surface area contributed by atoms with Gasteiger partial charge in [0.2, 0.25) is 0 Å². The molecular weight excluding hydrogens is 439 g/mol. The van der Waals surface area contributed by atoms with E-state index in [4.69, 9.17) is 5.26 Å². The van der Waals surface area contributed by atoms with E-state index in [2.05, 4.69) is 52.8 Å². The summed E-state index contributed by atoms with van der Waals surface area (Å²) < 4.78 is 2.98. The fraction of sp³-hybridized carbons (Fsp3) is 0.250. The number of rotatable bonds is 5. The lowest BCUT2D eigenvalue weighted by Crippen LogP contribution is -2.17. The van der Waals surface area contributed by atoms with E-state index in [0.717, 1.165) is 21.2 Å². The Morgan fingerprint density at radius 1 is 1.23 bits per heavy atom. The van der Waals surface area contributed by atoms with Gasteiger partial charge in [0, 0.05) is 21.8 Å². The highest BCUT2D eigenvalue weighted by Crippen LogP contribution is 2.28. The Kier molecular flexibility index (Phi) is 5.28. The second kappa shape index (κ2) is 7.46. The van der Waals surface area contributed by atoms with Crippen molar-refractivity contribution in [2.45, 2.75) is 32.1 Å². The van der Waals surface area contributed by atoms with Gasteiger partial charge in [-0.1, -0.05) is 26.0 Å². The molecule has 0 unspecified atom stereocenters. The quantitative estimate of drug-likeness (QED) is 0.560. The molecule has 132 valence electrons. The molecule has 26 heavy (non-hydrogen) atoms. The van der Waals surface area contributed by atoms with Crippen molar-refractivity contribution in [2.24, 2.45) is 0 Å². The monoisotopic (exact) mass is 458 g/mol. The molecule has 1 amide bonds. The van der Waals surface area contributed by atoms with E-state index in [9.17, 15) is 4.79 Å². The molecule has 0 aliphatic carbocycles. The summed E-state index contributed by atoms with van der Waals surface area (Å²) in [6.45, 7) is 4.22. The van der Waals surface area contributed by atoms with Crippen molar-refractivity contribution in [2.75, 3.05) is 5.32 Å². The number of nitrogens with one attached hydrogen (secondary N) is 1. The molecule has 0 atom stereocenters. The molecule has 3 aromatic rings. The van der Waals surface area contributed by atoms with Crippen LogP contribution in [0.5, 0.6) is 0 Å². The molecule has 2 heterocycles. The average Bonchev–Trinajstić information content (AvgIpc) is 3.01. The number of carbonyl (C=O) groups excluding carboxylic acids is 1. The van der Waals surface area contributed by atoms with Crippen LogP contribution in [0.15, 0.2) is 48.8 Å². The van der Waals surface area contributed by atoms with Crippen LogP contribution in [0.2, 0.25) is 0 Å². The van der Waals surface area contributed by atoms with Gasteiger partial charge in [0.1, 0.15) is 5.65 Å². The Bertz CT molecular complexity index is 983. The van der Waals surface area contributed by atoms with E-state index in [1.54, 1.807) is 6.20 Å². The first-order valence-electron chi connectivity index (χ1n) is 8.32. The molecule has 0 saturated carbocycles. The van der Waals surface area contributed by atoms with Gasteiger partial charge < -0.3 is 9.72 Å². The number of carbonyl (C=O) groups is 1. The Labute approximate surface area is 166 Å². The maximum atomic E-state index is 12.5. The second-order valence-corrected chi connectivity index (χ2v) is 8.06. The number of amides is 1. The van der Waals surface area contributed by atoms with Crippen LogP contribution in [-0.2, 0) is 5.41 Å². The van der Waals surface area contributed by atoms with E-state index >= 15 is 0 Å². The van der Waals surface area contributed by atoms with Gasteiger partial charge in [-0.15, -0.1) is 0 Å². The van der Waals surface area contributed by atoms with Gasteiger partial charge in [0.05, 0.1) is 12.3 Å². The maximum Gasteiger partial charge on any atom is 0.256 e. The molecule has 6 heteroatoms. The highest BCUT2D eigenvalue weighted by atomic mass is 127. The number of halogens is 1. The van der Waals surface area contributed by atoms with Crippen LogP contribution in [0.4, 0.5) is 5.82 Å². The molecule has 1 aromatic carbocycles. The van der Waals surface area contributed by atoms with E-state index in [1.807, 2.05) is 47.0 Å². The first-order chi connectivity index (χ1) is 12.4. The molecule has 0 spiro atoms. The van der Waals surface area contributed by atoms with Gasteiger partial charge in [-0.25, -0.2) is 4.98 Å². The van der Waals surface area contributed by atoms with Crippen molar-refractivity contribution >= 4 is 40.0 Å². The Morgan fingerprint density at radius 2 is 1.96 bits per heavy atom. The minimum atomic E-state index is -0.190. The molecule has 5 nitrogen and oxygen atoms in total. The topological polar surface area (TPSA) is 70.2 Å². The predicted octanol–water partition coefficient (Wildman–Crippen LogP) is 4.77. The Balaban J connectivity index is 1.74. The smallest absolute Gasteiger partial charge is 0.256 e. The standard InChI is InChI=1S/C20H19IN4O/c1-20(2,10-3-11-22)15-6-4-14(5-7-15)19(26)24-17-13-25-12-16(21)8-9-18(25)23-17/h4-9,12-13H,3,10H2,1-2H3,(H,24,26). The van der Waals surface area contributed by atoms with E-state index in [-0.39, 0.29) is 11.3 Å². The summed E-state index contributed by atoms with van der Waals surface area (Å²) in [6.07, 6.45) is 5.06. The molecule has 2 aromatic heterocycles. The molecule has 0 radical (unpaired) electrons. The van der Waals surface area contributed by atoms with Crippen LogP contribution in [0.3, 0.4) is 0 Å². The summed E-state index contributed by atoms with van der Waals surface area (Å²) in [5.74, 6) is 0.333. The molecular formula is C20H19IN4O. The van der Waals surface area contributed by atoms with Gasteiger partial charge in [-0.05, 0) is 64.3 Å². The largest absolute Gasteiger partial charge is 0.305 e. The fourth-order valence-corrected chi connectivity index (χ4v) is 3.28. The van der Waals surface area contributed by atoms with Crippen LogP contribution >= 0.6 is 22.6 Å². The first kappa shape index (κ1) is 18.4. The number of hydrogen-bond acceptors (Lipinski definition) is 3. The summed E-state index contributed by atoms with van der Waals surface area (Å²) >= 11 is 2.24. The average molecular weight is 458 g/mol. The summed E-state index contributed by atoms with van der Waals surface area (Å²) in [5, 5.41) is 11.6. The predicted molar refractivity (Wildman–Crippen MR) is 110 cm³/mol. The van der Waals surface area contributed by atoms with Gasteiger partial charge in [-0.3, -0.25) is 4.79 Å². The SMILES string of the molecule is CC(C)(CCC#N)c1ccc(C(=O)Nc2cn3cc(I)ccc3n2)cc1. The summed E-state index contributed by atoms with van der Waals surface area (Å²) in [5.41, 5.74) is 2.39. The Hall–Kier alpha value is -2.40. The molecule has 3 rings (SSSR count). The van der Waals surface area contributed by atoms with Crippen molar-refractivity contribution < 1.29 is 4.79 Å². The number of nitriles is 1. The third-order valence-corrected chi connectivity index (χ3v) is 5.09. The number of imidazole rings is 1. The number of pyridine rings is 1. The normalized spacial score (nSPS) is 11.3. The minimum Gasteiger partial charge on any atom is -0.305 e. The van der Waals surface area contributed by atoms with Crippen LogP contribution in [0.1, 0.15) is 42.6 Å². The van der Waals surface area contributed by atoms with Crippen LogP contribution in [0, 0.1) is 14.9 Å². The van der Waals surface area contributed by atoms with Crippen molar-refractivity contribution in [3.63, 3.8) is 0 Å². The number of hydrogen-bond donors (Lipinski definition) is 1. The van der Waals surface area contributed by atoms with E-state index in [1.165, 1.54) is 0 Å². The second-order valence-electron chi connectivity index (χ2n) is 6.81. The van der Waals surface area contributed by atoms with Crippen LogP contribution < -0.4 is 5.32 Å². The van der Waals surface area contributed by atoms with Gasteiger partial charge in [0.25, 0.3) is 5.91 Å².